The van der Waals surface area contributed by atoms with Crippen LogP contribution in [0.3, 0.4) is 0 Å². The lowest BCUT2D eigenvalue weighted by Crippen LogP contribution is -2.00. The highest BCUT2D eigenvalue weighted by atomic mass is 15.0. The van der Waals surface area contributed by atoms with Gasteiger partial charge in [0.15, 0.2) is 17.5 Å². The quantitative estimate of drug-likeness (QED) is 0.154. The zero-order valence-corrected chi connectivity index (χ0v) is 30.4. The summed E-state index contributed by atoms with van der Waals surface area (Å²) >= 11 is 0. The molecule has 0 radical (unpaired) electrons. The molecular weight excluding hydrogens is 681 g/mol. The van der Waals surface area contributed by atoms with E-state index >= 15 is 0 Å². The van der Waals surface area contributed by atoms with Gasteiger partial charge in [-0.05, 0) is 57.6 Å². The maximum absolute atomic E-state index is 5.28. The van der Waals surface area contributed by atoms with Crippen LogP contribution in [0, 0.1) is 0 Å². The Kier molecular flexibility index (Phi) is 8.47. The Bertz CT molecular complexity index is 3000. The third-order valence-electron chi connectivity index (χ3n) is 10.3. The van der Waals surface area contributed by atoms with Crippen molar-refractivity contribution in [2.45, 2.75) is 0 Å². The minimum absolute atomic E-state index is 0.618. The third kappa shape index (κ3) is 6.29. The summed E-state index contributed by atoms with van der Waals surface area (Å²) in [5, 5.41) is 3.42. The predicted molar refractivity (Wildman–Crippen MR) is 231 cm³/mol. The molecule has 2 heterocycles. The highest BCUT2D eigenvalue weighted by molar-refractivity contribution is 6.17. The van der Waals surface area contributed by atoms with E-state index in [1.165, 1.54) is 16.5 Å². The van der Waals surface area contributed by atoms with Crippen molar-refractivity contribution in [1.82, 2.24) is 19.9 Å². The van der Waals surface area contributed by atoms with E-state index < -0.39 is 0 Å². The Morgan fingerprint density at radius 2 is 0.696 bits per heavy atom. The van der Waals surface area contributed by atoms with Crippen molar-refractivity contribution in [3.8, 4) is 78.8 Å². The van der Waals surface area contributed by atoms with E-state index in [2.05, 4.69) is 164 Å². The Morgan fingerprint density at radius 3 is 1.30 bits per heavy atom. The summed E-state index contributed by atoms with van der Waals surface area (Å²) in [7, 11) is 0. The number of pyridine rings is 1. The summed E-state index contributed by atoms with van der Waals surface area (Å²) in [5.74, 6) is 1.88. The number of nitrogens with zero attached hydrogens (tertiary/aromatic N) is 4. The van der Waals surface area contributed by atoms with Gasteiger partial charge >= 0.3 is 0 Å². The molecular formula is C52H34N4. The molecule has 2 aromatic heterocycles. The first-order valence-corrected chi connectivity index (χ1v) is 18.8. The van der Waals surface area contributed by atoms with E-state index in [0.29, 0.717) is 17.5 Å². The molecule has 0 fully saturated rings. The summed E-state index contributed by atoms with van der Waals surface area (Å²) in [4.78, 5) is 20.5. The molecule has 0 N–H and O–H groups in total. The molecule has 56 heavy (non-hydrogen) atoms. The van der Waals surface area contributed by atoms with E-state index in [1.807, 2.05) is 42.5 Å². The number of fused-ring (bicyclic) bond motifs is 3. The van der Waals surface area contributed by atoms with Gasteiger partial charge in [-0.15, -0.1) is 0 Å². The van der Waals surface area contributed by atoms with Crippen LogP contribution in [-0.4, -0.2) is 19.9 Å². The van der Waals surface area contributed by atoms with Gasteiger partial charge in [0.2, 0.25) is 0 Å². The number of hydrogen-bond donors (Lipinski definition) is 0. The van der Waals surface area contributed by atoms with Crippen molar-refractivity contribution < 1.29 is 0 Å². The Labute approximate surface area is 325 Å². The molecule has 0 saturated heterocycles. The number of hydrogen-bond acceptors (Lipinski definition) is 4. The molecule has 4 nitrogen and oxygen atoms in total. The van der Waals surface area contributed by atoms with Crippen LogP contribution in [0.25, 0.3) is 100 Å². The van der Waals surface area contributed by atoms with E-state index in [-0.39, 0.29) is 0 Å². The molecule has 0 amide bonds. The van der Waals surface area contributed by atoms with Gasteiger partial charge in [-0.2, -0.15) is 0 Å². The zero-order chi connectivity index (χ0) is 37.3. The van der Waals surface area contributed by atoms with Crippen LogP contribution in [0.15, 0.2) is 206 Å². The Morgan fingerprint density at radius 1 is 0.250 bits per heavy atom. The average molecular weight is 715 g/mol. The normalized spacial score (nSPS) is 11.2. The van der Waals surface area contributed by atoms with Crippen molar-refractivity contribution in [3.05, 3.63) is 206 Å². The molecule has 8 aromatic carbocycles. The molecule has 0 aliphatic carbocycles. The first-order chi connectivity index (χ1) is 27.7. The van der Waals surface area contributed by atoms with Crippen molar-refractivity contribution in [1.29, 1.82) is 0 Å². The maximum atomic E-state index is 5.28. The van der Waals surface area contributed by atoms with E-state index in [4.69, 9.17) is 19.9 Å². The molecule has 0 unspecified atom stereocenters. The molecule has 10 rings (SSSR count). The van der Waals surface area contributed by atoms with Crippen LogP contribution in [0.4, 0.5) is 0 Å². The molecule has 262 valence electrons. The second kappa shape index (κ2) is 14.3. The standard InChI is InChI=1S/C52H34N4/c1-5-16-35(17-6-1)39-24-13-26-42(32-39)51-54-50(38-22-11-4-12-23-38)55-52(56-51)43-27-14-25-40(33-43)41-30-31-47-46(34-41)48-44(36-18-7-2-8-19-36)28-15-29-45(48)49(53-47)37-20-9-3-10-21-37/h1-34H. The molecule has 0 spiro atoms. The number of aromatic nitrogens is 4. The smallest absolute Gasteiger partial charge is 0.164 e. The van der Waals surface area contributed by atoms with Crippen molar-refractivity contribution in [2.24, 2.45) is 0 Å². The lowest BCUT2D eigenvalue weighted by molar-refractivity contribution is 1.07. The third-order valence-corrected chi connectivity index (χ3v) is 10.3. The predicted octanol–water partition coefficient (Wildman–Crippen LogP) is 13.2. The van der Waals surface area contributed by atoms with E-state index in [0.717, 1.165) is 66.5 Å². The van der Waals surface area contributed by atoms with Gasteiger partial charge in [-0.3, -0.25) is 0 Å². The van der Waals surface area contributed by atoms with Gasteiger partial charge in [-0.25, -0.2) is 19.9 Å². The minimum atomic E-state index is 0.618. The first kappa shape index (κ1) is 33.0. The summed E-state index contributed by atoms with van der Waals surface area (Å²) in [5.41, 5.74) is 12.6. The topological polar surface area (TPSA) is 51.6 Å². The Hall–Kier alpha value is -7.56. The summed E-state index contributed by atoms with van der Waals surface area (Å²) < 4.78 is 0. The second-order valence-corrected chi connectivity index (χ2v) is 13.9. The van der Waals surface area contributed by atoms with Gasteiger partial charge in [0, 0.05) is 38.4 Å². The van der Waals surface area contributed by atoms with Crippen LogP contribution < -0.4 is 0 Å². The van der Waals surface area contributed by atoms with Crippen molar-refractivity contribution in [3.63, 3.8) is 0 Å². The van der Waals surface area contributed by atoms with Gasteiger partial charge in [0.25, 0.3) is 0 Å². The SMILES string of the molecule is c1ccc(-c2cccc(-c3nc(-c4ccccc4)nc(-c4cccc(-c5ccc6nc(-c7ccccc7)c7cccc(-c8ccccc8)c7c6c5)c4)n3)c2)cc1. The molecule has 10 aromatic rings. The minimum Gasteiger partial charge on any atom is -0.247 e. The van der Waals surface area contributed by atoms with Gasteiger partial charge in [0.05, 0.1) is 11.2 Å². The lowest BCUT2D eigenvalue weighted by atomic mass is 9.91. The fourth-order valence-electron chi connectivity index (χ4n) is 7.56. The average Bonchev–Trinajstić information content (AvgIpc) is 3.29. The molecule has 4 heteroatoms. The van der Waals surface area contributed by atoms with E-state index in [1.54, 1.807) is 0 Å². The van der Waals surface area contributed by atoms with Gasteiger partial charge in [0.1, 0.15) is 0 Å². The summed E-state index contributed by atoms with van der Waals surface area (Å²) in [6.45, 7) is 0. The van der Waals surface area contributed by atoms with Crippen molar-refractivity contribution in [2.75, 3.05) is 0 Å². The molecule has 0 aliphatic rings. The highest BCUT2D eigenvalue weighted by Crippen LogP contribution is 2.40. The van der Waals surface area contributed by atoms with Crippen LogP contribution in [0.1, 0.15) is 0 Å². The first-order valence-electron chi connectivity index (χ1n) is 18.8. The number of rotatable bonds is 7. The lowest BCUT2D eigenvalue weighted by Gasteiger charge is -2.15. The Balaban J connectivity index is 1.13. The monoisotopic (exact) mass is 714 g/mol. The largest absolute Gasteiger partial charge is 0.247 e. The molecule has 0 aliphatic heterocycles. The molecule has 0 atom stereocenters. The summed E-state index contributed by atoms with van der Waals surface area (Å²) in [6.07, 6.45) is 0. The van der Waals surface area contributed by atoms with E-state index in [9.17, 15) is 0 Å². The van der Waals surface area contributed by atoms with Crippen LogP contribution in [-0.2, 0) is 0 Å². The fraction of sp³-hybridized carbons (Fsp3) is 0. The zero-order valence-electron chi connectivity index (χ0n) is 30.4. The molecule has 0 bridgehead atoms. The maximum Gasteiger partial charge on any atom is 0.164 e. The van der Waals surface area contributed by atoms with Crippen LogP contribution in [0.2, 0.25) is 0 Å². The highest BCUT2D eigenvalue weighted by Gasteiger charge is 2.17. The summed E-state index contributed by atoms with van der Waals surface area (Å²) in [6, 6.07) is 71.7. The molecule has 0 saturated carbocycles. The van der Waals surface area contributed by atoms with Gasteiger partial charge in [-0.1, -0.05) is 182 Å². The fourth-order valence-corrected chi connectivity index (χ4v) is 7.56. The van der Waals surface area contributed by atoms with Crippen molar-refractivity contribution >= 4 is 21.7 Å². The van der Waals surface area contributed by atoms with Crippen LogP contribution >= 0.6 is 0 Å². The second-order valence-electron chi connectivity index (χ2n) is 13.9. The van der Waals surface area contributed by atoms with Gasteiger partial charge < -0.3 is 0 Å². The van der Waals surface area contributed by atoms with Crippen LogP contribution in [0.5, 0.6) is 0 Å². The number of benzene rings is 8.